The first kappa shape index (κ1) is 23.1. The van der Waals surface area contributed by atoms with E-state index in [9.17, 15) is 9.90 Å². The van der Waals surface area contributed by atoms with E-state index in [0.717, 1.165) is 12.8 Å². The zero-order valence-corrected chi connectivity index (χ0v) is 15.8. The van der Waals surface area contributed by atoms with Crippen molar-refractivity contribution in [3.05, 3.63) is 12.2 Å². The van der Waals surface area contributed by atoms with Crippen molar-refractivity contribution in [2.45, 2.75) is 103 Å². The Hall–Kier alpha value is -0.870. The van der Waals surface area contributed by atoms with Gasteiger partial charge in [0, 0.05) is 0 Å². The minimum atomic E-state index is -0.987. The predicted octanol–water partition coefficient (Wildman–Crippen LogP) is 4.50. The molecule has 0 saturated carbocycles. The van der Waals surface area contributed by atoms with Gasteiger partial charge in [0.05, 0.1) is 12.7 Å². The van der Waals surface area contributed by atoms with Gasteiger partial charge in [-0.25, -0.2) is 0 Å². The van der Waals surface area contributed by atoms with Crippen LogP contribution in [0, 0.1) is 0 Å². The second-order valence-electron chi connectivity index (χ2n) is 6.52. The van der Waals surface area contributed by atoms with E-state index in [1.165, 1.54) is 64.2 Å². The van der Waals surface area contributed by atoms with Crippen LogP contribution in [0.2, 0.25) is 0 Å². The predicted molar refractivity (Wildman–Crippen MR) is 101 cm³/mol. The molecular formula is C20H39NO3. The zero-order valence-electron chi connectivity index (χ0n) is 15.8. The molecule has 0 radical (unpaired) electrons. The Morgan fingerprint density at radius 3 is 1.96 bits per heavy atom. The summed E-state index contributed by atoms with van der Waals surface area (Å²) in [4.78, 5) is 11.4. The summed E-state index contributed by atoms with van der Waals surface area (Å²) in [6.45, 7) is 4.26. The Labute approximate surface area is 148 Å². The van der Waals surface area contributed by atoms with Crippen molar-refractivity contribution >= 4 is 5.97 Å². The molecule has 0 spiro atoms. The molecule has 0 amide bonds. The Bertz CT molecular complexity index is 318. The monoisotopic (exact) mass is 343 g/mol. The quantitative estimate of drug-likeness (QED) is 0.187. The number of nitrogens with two attached hydrogens (primary N) is 1. The number of esters is 1. The van der Waals surface area contributed by atoms with Gasteiger partial charge in [-0.05, 0) is 19.8 Å². The van der Waals surface area contributed by atoms with Crippen LogP contribution in [0.3, 0.4) is 0 Å². The highest BCUT2D eigenvalue weighted by atomic mass is 16.6. The van der Waals surface area contributed by atoms with Crippen molar-refractivity contribution in [2.75, 3.05) is 6.61 Å². The number of unbranched alkanes of at least 4 members (excludes halogenated alkanes) is 11. The molecule has 0 saturated heterocycles. The molecule has 0 heterocycles. The summed E-state index contributed by atoms with van der Waals surface area (Å²) in [5.41, 5.74) is 5.62. The third-order valence-corrected chi connectivity index (χ3v) is 4.23. The first-order chi connectivity index (χ1) is 11.6. The molecule has 0 aromatic carbocycles. The van der Waals surface area contributed by atoms with Crippen molar-refractivity contribution in [3.8, 4) is 0 Å². The molecule has 0 aromatic rings. The van der Waals surface area contributed by atoms with Crippen LogP contribution in [0.25, 0.3) is 0 Å². The fourth-order valence-corrected chi connectivity index (χ4v) is 2.66. The van der Waals surface area contributed by atoms with Gasteiger partial charge in [-0.15, -0.1) is 0 Å². The largest absolute Gasteiger partial charge is 0.465 e. The Kier molecular flexibility index (Phi) is 16.4. The number of hydrogen-bond donors (Lipinski definition) is 2. The third kappa shape index (κ3) is 13.6. The lowest BCUT2D eigenvalue weighted by atomic mass is 10.1. The standard InChI is InChI=1S/C20H39NO3/c1-3-5-6-7-8-9-10-11-12-13-14-15-16-17-18(22)19(21)20(23)24-4-2/h16-19,22H,3-15,21H2,1-2H3/t18-,19-/m1/s1/i19+1,20+1. The van der Waals surface area contributed by atoms with E-state index in [4.69, 9.17) is 10.5 Å². The van der Waals surface area contributed by atoms with Crippen molar-refractivity contribution in [2.24, 2.45) is 5.73 Å². The molecule has 2 atom stereocenters. The number of rotatable bonds is 16. The zero-order chi connectivity index (χ0) is 18.0. The number of carbonyl (C=O) groups is 1. The summed E-state index contributed by atoms with van der Waals surface area (Å²) in [7, 11) is 0. The van der Waals surface area contributed by atoms with E-state index in [1.54, 1.807) is 13.0 Å². The van der Waals surface area contributed by atoms with Gasteiger partial charge >= 0.3 is 5.97 Å². The third-order valence-electron chi connectivity index (χ3n) is 4.23. The van der Waals surface area contributed by atoms with Gasteiger partial charge in [-0.3, -0.25) is 4.79 Å². The number of carbonyl (C=O) groups excluding carboxylic acids is 1. The van der Waals surface area contributed by atoms with E-state index in [1.807, 2.05) is 6.08 Å². The number of hydrogen-bond acceptors (Lipinski definition) is 4. The molecule has 0 fully saturated rings. The molecule has 0 bridgehead atoms. The van der Waals surface area contributed by atoms with Crippen LogP contribution in [-0.2, 0) is 9.53 Å². The van der Waals surface area contributed by atoms with Crippen molar-refractivity contribution in [3.63, 3.8) is 0 Å². The second kappa shape index (κ2) is 17.0. The van der Waals surface area contributed by atoms with Crippen LogP contribution in [0.15, 0.2) is 12.2 Å². The highest BCUT2D eigenvalue weighted by molar-refractivity contribution is 5.76. The van der Waals surface area contributed by atoms with Gasteiger partial charge in [-0.1, -0.05) is 83.3 Å². The summed E-state index contributed by atoms with van der Waals surface area (Å²) in [6.07, 6.45) is 18.1. The van der Waals surface area contributed by atoms with E-state index in [0.29, 0.717) is 0 Å². The average molecular weight is 344 g/mol. The normalized spacial score (nSPS) is 14.0. The topological polar surface area (TPSA) is 72.5 Å². The van der Waals surface area contributed by atoms with E-state index in [-0.39, 0.29) is 6.61 Å². The fraction of sp³-hybridized carbons (Fsp3) is 0.850. The summed E-state index contributed by atoms with van der Waals surface area (Å²) in [6, 6.07) is -0.987. The Morgan fingerprint density at radius 2 is 1.46 bits per heavy atom. The van der Waals surface area contributed by atoms with E-state index < -0.39 is 18.1 Å². The number of allylic oxidation sites excluding steroid dienone is 1. The Balaban J connectivity index is 3.44. The molecule has 4 nitrogen and oxygen atoms in total. The molecule has 0 aliphatic carbocycles. The number of aliphatic hydroxyl groups excluding tert-OH is 1. The highest BCUT2D eigenvalue weighted by Gasteiger charge is 2.21. The maximum atomic E-state index is 11.4. The molecular weight excluding hydrogens is 304 g/mol. The second-order valence-corrected chi connectivity index (χ2v) is 6.52. The van der Waals surface area contributed by atoms with Gasteiger partial charge in [0.15, 0.2) is 0 Å². The van der Waals surface area contributed by atoms with E-state index >= 15 is 0 Å². The lowest BCUT2D eigenvalue weighted by Gasteiger charge is -2.13. The van der Waals surface area contributed by atoms with Crippen LogP contribution >= 0.6 is 0 Å². The van der Waals surface area contributed by atoms with Crippen LogP contribution in [0.5, 0.6) is 0 Å². The van der Waals surface area contributed by atoms with Gasteiger partial charge in [0.25, 0.3) is 0 Å². The van der Waals surface area contributed by atoms with Crippen molar-refractivity contribution in [1.82, 2.24) is 0 Å². The molecule has 0 aliphatic heterocycles. The lowest BCUT2D eigenvalue weighted by Crippen LogP contribution is -2.42. The number of ether oxygens (including phenoxy) is 1. The molecule has 142 valence electrons. The van der Waals surface area contributed by atoms with E-state index in [2.05, 4.69) is 6.92 Å². The van der Waals surface area contributed by atoms with Crippen LogP contribution in [0.4, 0.5) is 0 Å². The Morgan fingerprint density at radius 1 is 0.958 bits per heavy atom. The van der Waals surface area contributed by atoms with Gasteiger partial charge in [0.1, 0.15) is 6.04 Å². The van der Waals surface area contributed by atoms with Crippen LogP contribution in [-0.4, -0.2) is 29.8 Å². The summed E-state index contributed by atoms with van der Waals surface area (Å²) in [5, 5.41) is 9.78. The first-order valence-corrected chi connectivity index (χ1v) is 9.90. The summed E-state index contributed by atoms with van der Waals surface area (Å²) < 4.78 is 4.79. The van der Waals surface area contributed by atoms with Crippen LogP contribution in [0.1, 0.15) is 90.9 Å². The van der Waals surface area contributed by atoms with Gasteiger partial charge in [-0.2, -0.15) is 0 Å². The minimum absolute atomic E-state index is 0.279. The SMILES string of the molecule is CCCCCCCCCCCCCC=C[C@@H](O)[13C@@H](N)[13C](=O)OCC. The smallest absolute Gasteiger partial charge is 0.325 e. The first-order valence-electron chi connectivity index (χ1n) is 9.90. The number of aliphatic hydroxyl groups is 1. The molecule has 0 unspecified atom stereocenters. The maximum absolute atomic E-state index is 11.4. The maximum Gasteiger partial charge on any atom is 0.325 e. The molecule has 4 heteroatoms. The van der Waals surface area contributed by atoms with Crippen molar-refractivity contribution < 1.29 is 14.6 Å². The lowest BCUT2D eigenvalue weighted by molar-refractivity contribution is -0.146. The molecule has 24 heavy (non-hydrogen) atoms. The van der Waals surface area contributed by atoms with Crippen LogP contribution < -0.4 is 5.73 Å². The minimum Gasteiger partial charge on any atom is -0.465 e. The molecule has 0 rings (SSSR count). The molecule has 0 aromatic heterocycles. The molecule has 0 aliphatic rings. The summed E-state index contributed by atoms with van der Waals surface area (Å²) in [5.74, 6) is -0.552. The average Bonchev–Trinajstić information content (AvgIpc) is 2.58. The van der Waals surface area contributed by atoms with Gasteiger partial charge < -0.3 is 15.6 Å². The van der Waals surface area contributed by atoms with Crippen molar-refractivity contribution in [1.29, 1.82) is 0 Å². The fourth-order valence-electron chi connectivity index (χ4n) is 2.66. The molecule has 3 N–H and O–H groups in total. The highest BCUT2D eigenvalue weighted by Crippen LogP contribution is 2.12. The summed E-state index contributed by atoms with van der Waals surface area (Å²) >= 11 is 0. The van der Waals surface area contributed by atoms with Gasteiger partial charge in [0.2, 0.25) is 0 Å².